The molecule has 0 aliphatic heterocycles. The summed E-state index contributed by atoms with van der Waals surface area (Å²) in [5.41, 5.74) is 15.8. The molecule has 0 bridgehead atoms. The summed E-state index contributed by atoms with van der Waals surface area (Å²) in [6.07, 6.45) is 1.42. The van der Waals surface area contributed by atoms with Crippen molar-refractivity contribution in [3.8, 4) is 0 Å². The van der Waals surface area contributed by atoms with Crippen LogP contribution in [-0.4, -0.2) is 32.6 Å². The standard InChI is InChI=1S/C26H32N6O2/c1-32(2)21-15-13-20(14-16-21)29-26(34)31-23(8-5-17-27)18-9-11-19(12-10-18)25(33)30-24-7-4-3-6-22(24)28/h3-4,6-7,9-16,23H,5,8,17,27-28H2,1-2H3,(H,30,33)(H2,29,31,34). The minimum atomic E-state index is -0.305. The second-order valence-electron chi connectivity index (χ2n) is 8.19. The molecular formula is C26H32N6O2. The predicted molar refractivity (Wildman–Crippen MR) is 139 cm³/mol. The van der Waals surface area contributed by atoms with Crippen molar-refractivity contribution in [2.75, 3.05) is 41.9 Å². The van der Waals surface area contributed by atoms with Gasteiger partial charge >= 0.3 is 6.03 Å². The molecule has 3 rings (SSSR count). The Morgan fingerprint density at radius 2 is 1.59 bits per heavy atom. The maximum absolute atomic E-state index is 12.6. The highest BCUT2D eigenvalue weighted by Gasteiger charge is 2.16. The summed E-state index contributed by atoms with van der Waals surface area (Å²) in [4.78, 5) is 27.2. The molecule has 178 valence electrons. The summed E-state index contributed by atoms with van der Waals surface area (Å²) < 4.78 is 0. The molecule has 1 unspecified atom stereocenters. The molecule has 7 N–H and O–H groups in total. The quantitative estimate of drug-likeness (QED) is 0.306. The summed E-state index contributed by atoms with van der Waals surface area (Å²) in [7, 11) is 3.92. The van der Waals surface area contributed by atoms with E-state index in [2.05, 4.69) is 16.0 Å². The number of anilines is 4. The third kappa shape index (κ3) is 6.73. The molecular weight excluding hydrogens is 428 g/mol. The Labute approximate surface area is 200 Å². The molecule has 0 heterocycles. The fraction of sp³-hybridized carbons (Fsp3) is 0.231. The van der Waals surface area contributed by atoms with E-state index in [1.165, 1.54) is 0 Å². The molecule has 0 fully saturated rings. The fourth-order valence-electron chi connectivity index (χ4n) is 3.48. The van der Waals surface area contributed by atoms with Gasteiger partial charge in [0.25, 0.3) is 5.91 Å². The van der Waals surface area contributed by atoms with Crippen molar-refractivity contribution in [2.45, 2.75) is 18.9 Å². The van der Waals surface area contributed by atoms with Gasteiger partial charge in [-0.25, -0.2) is 4.79 Å². The van der Waals surface area contributed by atoms with Gasteiger partial charge in [-0.15, -0.1) is 0 Å². The van der Waals surface area contributed by atoms with Gasteiger partial charge in [-0.3, -0.25) is 4.79 Å². The van der Waals surface area contributed by atoms with E-state index >= 15 is 0 Å². The number of hydrogen-bond acceptors (Lipinski definition) is 5. The van der Waals surface area contributed by atoms with Gasteiger partial charge in [0.15, 0.2) is 0 Å². The molecule has 3 aromatic carbocycles. The number of nitrogens with one attached hydrogen (secondary N) is 3. The first-order valence-corrected chi connectivity index (χ1v) is 11.2. The molecule has 8 nitrogen and oxygen atoms in total. The van der Waals surface area contributed by atoms with Gasteiger partial charge in [0.2, 0.25) is 0 Å². The minimum Gasteiger partial charge on any atom is -0.397 e. The maximum Gasteiger partial charge on any atom is 0.319 e. The van der Waals surface area contributed by atoms with Gasteiger partial charge in [0.1, 0.15) is 0 Å². The summed E-state index contributed by atoms with van der Waals surface area (Å²) >= 11 is 0. The fourth-order valence-corrected chi connectivity index (χ4v) is 3.48. The highest BCUT2D eigenvalue weighted by Crippen LogP contribution is 2.22. The van der Waals surface area contributed by atoms with Crippen molar-refractivity contribution in [3.63, 3.8) is 0 Å². The Kier molecular flexibility index (Phi) is 8.48. The average molecular weight is 461 g/mol. The number of urea groups is 1. The lowest BCUT2D eigenvalue weighted by atomic mass is 10.0. The third-order valence-electron chi connectivity index (χ3n) is 5.43. The van der Waals surface area contributed by atoms with Gasteiger partial charge in [-0.1, -0.05) is 24.3 Å². The molecule has 3 aromatic rings. The molecule has 34 heavy (non-hydrogen) atoms. The SMILES string of the molecule is CN(C)c1ccc(NC(=O)NC(CCCN)c2ccc(C(=O)Nc3ccccc3N)cc2)cc1. The van der Waals surface area contributed by atoms with E-state index in [1.807, 2.05) is 67.5 Å². The van der Waals surface area contributed by atoms with Crippen LogP contribution in [0.1, 0.15) is 34.8 Å². The van der Waals surface area contributed by atoms with E-state index < -0.39 is 0 Å². The number of rotatable bonds is 9. The molecule has 0 spiro atoms. The third-order valence-corrected chi connectivity index (χ3v) is 5.43. The molecule has 0 aromatic heterocycles. The summed E-state index contributed by atoms with van der Waals surface area (Å²) in [6.45, 7) is 0.519. The van der Waals surface area contributed by atoms with Crippen LogP contribution >= 0.6 is 0 Å². The normalized spacial score (nSPS) is 11.4. The molecule has 8 heteroatoms. The summed E-state index contributed by atoms with van der Waals surface area (Å²) in [6, 6.07) is 21.3. The Balaban J connectivity index is 1.66. The van der Waals surface area contributed by atoms with E-state index in [0.29, 0.717) is 35.6 Å². The lowest BCUT2D eigenvalue weighted by molar-refractivity contribution is 0.102. The zero-order valence-corrected chi connectivity index (χ0v) is 19.5. The zero-order chi connectivity index (χ0) is 24.5. The highest BCUT2D eigenvalue weighted by atomic mass is 16.2. The molecule has 0 aliphatic rings. The van der Waals surface area contributed by atoms with Crippen molar-refractivity contribution < 1.29 is 9.59 Å². The highest BCUT2D eigenvalue weighted by molar-refractivity contribution is 6.05. The van der Waals surface area contributed by atoms with Crippen molar-refractivity contribution in [3.05, 3.63) is 83.9 Å². The summed E-state index contributed by atoms with van der Waals surface area (Å²) in [5.74, 6) is -0.255. The number of nitrogens with zero attached hydrogens (tertiary/aromatic N) is 1. The van der Waals surface area contributed by atoms with Crippen LogP contribution in [0.3, 0.4) is 0 Å². The Morgan fingerprint density at radius 1 is 0.912 bits per heavy atom. The second kappa shape index (κ2) is 11.7. The molecule has 0 saturated carbocycles. The number of carbonyl (C=O) groups excluding carboxylic acids is 2. The van der Waals surface area contributed by atoms with Crippen LogP contribution in [0.2, 0.25) is 0 Å². The smallest absolute Gasteiger partial charge is 0.319 e. The molecule has 0 radical (unpaired) electrons. The molecule has 0 saturated heterocycles. The van der Waals surface area contributed by atoms with Gasteiger partial charge < -0.3 is 32.3 Å². The van der Waals surface area contributed by atoms with Crippen molar-refractivity contribution >= 4 is 34.7 Å². The van der Waals surface area contributed by atoms with Gasteiger partial charge in [0.05, 0.1) is 17.4 Å². The number of benzene rings is 3. The first-order valence-electron chi connectivity index (χ1n) is 11.2. The Hall–Kier alpha value is -4.04. The lowest BCUT2D eigenvalue weighted by Crippen LogP contribution is -2.33. The average Bonchev–Trinajstić information content (AvgIpc) is 2.83. The second-order valence-corrected chi connectivity index (χ2v) is 8.19. The topological polar surface area (TPSA) is 126 Å². The van der Waals surface area contributed by atoms with Gasteiger partial charge in [-0.05, 0) is 73.5 Å². The summed E-state index contributed by atoms with van der Waals surface area (Å²) in [5, 5.41) is 8.70. The van der Waals surface area contributed by atoms with Crippen LogP contribution < -0.4 is 32.3 Å². The van der Waals surface area contributed by atoms with Crippen molar-refractivity contribution in [1.82, 2.24) is 5.32 Å². The number of para-hydroxylation sites is 2. The monoisotopic (exact) mass is 460 g/mol. The van der Waals surface area contributed by atoms with Crippen LogP contribution in [-0.2, 0) is 0 Å². The van der Waals surface area contributed by atoms with E-state index in [4.69, 9.17) is 11.5 Å². The van der Waals surface area contributed by atoms with Gasteiger partial charge in [-0.2, -0.15) is 0 Å². The number of amides is 3. The number of carbonyl (C=O) groups is 2. The van der Waals surface area contributed by atoms with Crippen LogP contribution in [0.5, 0.6) is 0 Å². The van der Waals surface area contributed by atoms with Crippen LogP contribution in [0.25, 0.3) is 0 Å². The molecule has 1 atom stereocenters. The number of hydrogen-bond donors (Lipinski definition) is 5. The van der Waals surface area contributed by atoms with Crippen LogP contribution in [0.4, 0.5) is 27.5 Å². The molecule has 0 aliphatic carbocycles. The first-order chi connectivity index (χ1) is 16.4. The first kappa shape index (κ1) is 24.6. The van der Waals surface area contributed by atoms with Crippen LogP contribution in [0, 0.1) is 0 Å². The lowest BCUT2D eigenvalue weighted by Gasteiger charge is -2.20. The Bertz CT molecular complexity index is 1100. The van der Waals surface area contributed by atoms with Crippen LogP contribution in [0.15, 0.2) is 72.8 Å². The van der Waals surface area contributed by atoms with E-state index in [1.54, 1.807) is 24.3 Å². The molecule has 3 amide bonds. The van der Waals surface area contributed by atoms with E-state index in [9.17, 15) is 9.59 Å². The largest absolute Gasteiger partial charge is 0.397 e. The Morgan fingerprint density at radius 3 is 2.21 bits per heavy atom. The van der Waals surface area contributed by atoms with E-state index in [0.717, 1.165) is 17.7 Å². The number of nitrogen functional groups attached to an aromatic ring is 1. The predicted octanol–water partition coefficient (Wildman–Crippen LogP) is 4.19. The number of nitrogens with two attached hydrogens (primary N) is 2. The minimum absolute atomic E-state index is 0.244. The van der Waals surface area contributed by atoms with Crippen molar-refractivity contribution in [2.24, 2.45) is 5.73 Å². The van der Waals surface area contributed by atoms with Crippen molar-refractivity contribution in [1.29, 1.82) is 0 Å². The zero-order valence-electron chi connectivity index (χ0n) is 19.5. The maximum atomic E-state index is 12.6. The van der Waals surface area contributed by atoms with E-state index in [-0.39, 0.29) is 18.0 Å². The van der Waals surface area contributed by atoms with Gasteiger partial charge in [0, 0.05) is 31.0 Å².